The number of hydrogen-bond acceptors (Lipinski definition) is 8. The first-order valence-corrected chi connectivity index (χ1v) is 29.2. The SMILES string of the molecule is CCCCCCCC/C=C/CCCCCCCCCCCCCC(=O)O[C@H](COC(=O)CCCCCCCCCCCCCCCCCCCCCCCC)COP(=O)(O)OCCN. The van der Waals surface area contributed by atoms with Crippen molar-refractivity contribution in [1.82, 2.24) is 0 Å². The zero-order valence-electron chi connectivity index (χ0n) is 42.3. The second kappa shape index (κ2) is 51.1. The summed E-state index contributed by atoms with van der Waals surface area (Å²) in [5.41, 5.74) is 5.38. The Kier molecular flexibility index (Phi) is 50.1. The van der Waals surface area contributed by atoms with Gasteiger partial charge in [0.25, 0.3) is 0 Å². The number of rotatable bonds is 53. The molecule has 0 aliphatic rings. The van der Waals surface area contributed by atoms with Gasteiger partial charge in [0.1, 0.15) is 6.61 Å². The van der Waals surface area contributed by atoms with Crippen LogP contribution < -0.4 is 5.73 Å². The lowest BCUT2D eigenvalue weighted by molar-refractivity contribution is -0.161. The van der Waals surface area contributed by atoms with Crippen LogP contribution in [0.3, 0.4) is 0 Å². The van der Waals surface area contributed by atoms with E-state index in [-0.39, 0.29) is 38.6 Å². The summed E-state index contributed by atoms with van der Waals surface area (Å²) in [7, 11) is -4.38. The van der Waals surface area contributed by atoms with E-state index in [1.54, 1.807) is 0 Å². The number of allylic oxidation sites excluding steroid dienone is 2. The fourth-order valence-electron chi connectivity index (χ4n) is 8.28. The third kappa shape index (κ3) is 50.2. The van der Waals surface area contributed by atoms with Crippen molar-refractivity contribution in [2.45, 2.75) is 296 Å². The Morgan fingerprint density at radius 1 is 0.453 bits per heavy atom. The number of nitrogens with two attached hydrogens (primary N) is 1. The molecule has 0 rings (SSSR count). The van der Waals surface area contributed by atoms with Gasteiger partial charge in [-0.15, -0.1) is 0 Å². The number of esters is 2. The fraction of sp³-hybridized carbons (Fsp3) is 0.926. The molecule has 9 nitrogen and oxygen atoms in total. The molecule has 2 atom stereocenters. The smallest absolute Gasteiger partial charge is 0.462 e. The molecule has 10 heteroatoms. The van der Waals surface area contributed by atoms with Crippen LogP contribution in [0.5, 0.6) is 0 Å². The molecule has 64 heavy (non-hydrogen) atoms. The quantitative estimate of drug-likeness (QED) is 0.0265. The van der Waals surface area contributed by atoms with Gasteiger partial charge >= 0.3 is 19.8 Å². The predicted octanol–water partition coefficient (Wildman–Crippen LogP) is 16.9. The van der Waals surface area contributed by atoms with Gasteiger partial charge in [-0.3, -0.25) is 18.6 Å². The number of ether oxygens (including phenoxy) is 2. The van der Waals surface area contributed by atoms with E-state index in [9.17, 15) is 19.0 Å². The summed E-state index contributed by atoms with van der Waals surface area (Å²) in [4.78, 5) is 35.1. The molecule has 0 aromatic heterocycles. The Balaban J connectivity index is 3.96. The van der Waals surface area contributed by atoms with E-state index in [1.807, 2.05) is 0 Å². The van der Waals surface area contributed by atoms with Crippen molar-refractivity contribution in [2.24, 2.45) is 5.73 Å². The van der Waals surface area contributed by atoms with Gasteiger partial charge in [-0.1, -0.05) is 251 Å². The lowest BCUT2D eigenvalue weighted by atomic mass is 10.0. The molecule has 0 fully saturated rings. The minimum atomic E-state index is -4.38. The van der Waals surface area contributed by atoms with Gasteiger partial charge < -0.3 is 20.1 Å². The zero-order valence-corrected chi connectivity index (χ0v) is 43.2. The van der Waals surface area contributed by atoms with Crippen LogP contribution in [0.1, 0.15) is 290 Å². The molecule has 0 aromatic rings. The molecule has 380 valence electrons. The van der Waals surface area contributed by atoms with E-state index in [1.165, 1.54) is 225 Å². The van der Waals surface area contributed by atoms with Gasteiger partial charge in [-0.2, -0.15) is 0 Å². The summed E-state index contributed by atoms with van der Waals surface area (Å²) >= 11 is 0. The lowest BCUT2D eigenvalue weighted by Gasteiger charge is -2.19. The zero-order chi connectivity index (χ0) is 46.7. The van der Waals surface area contributed by atoms with Crippen molar-refractivity contribution >= 4 is 19.8 Å². The minimum absolute atomic E-state index is 0.0567. The minimum Gasteiger partial charge on any atom is -0.462 e. The highest BCUT2D eigenvalue weighted by atomic mass is 31.2. The molecule has 0 saturated heterocycles. The first-order chi connectivity index (χ1) is 31.3. The van der Waals surface area contributed by atoms with E-state index in [0.29, 0.717) is 6.42 Å². The number of phosphoric acid groups is 1. The summed E-state index contributed by atoms with van der Waals surface area (Å²) in [6.45, 7) is 3.80. The Labute approximate surface area is 396 Å². The third-order valence-electron chi connectivity index (χ3n) is 12.4. The van der Waals surface area contributed by atoms with Crippen LogP contribution in [0.25, 0.3) is 0 Å². The molecule has 0 spiro atoms. The normalized spacial score (nSPS) is 13.1. The fourth-order valence-corrected chi connectivity index (χ4v) is 9.05. The summed E-state index contributed by atoms with van der Waals surface area (Å²) < 4.78 is 33.0. The van der Waals surface area contributed by atoms with E-state index < -0.39 is 26.5 Å². The highest BCUT2D eigenvalue weighted by Gasteiger charge is 2.26. The van der Waals surface area contributed by atoms with Crippen LogP contribution >= 0.6 is 7.82 Å². The van der Waals surface area contributed by atoms with Gasteiger partial charge in [0.15, 0.2) is 6.10 Å². The highest BCUT2D eigenvalue weighted by Crippen LogP contribution is 2.43. The lowest BCUT2D eigenvalue weighted by Crippen LogP contribution is -2.29. The van der Waals surface area contributed by atoms with Crippen molar-refractivity contribution in [1.29, 1.82) is 0 Å². The molecule has 0 amide bonds. The topological polar surface area (TPSA) is 134 Å². The highest BCUT2D eigenvalue weighted by molar-refractivity contribution is 7.47. The van der Waals surface area contributed by atoms with E-state index in [2.05, 4.69) is 26.0 Å². The molecular weight excluding hydrogens is 822 g/mol. The van der Waals surface area contributed by atoms with Gasteiger partial charge in [-0.25, -0.2) is 4.57 Å². The summed E-state index contributed by atoms with van der Waals surface area (Å²) in [6.07, 6.45) is 56.9. The van der Waals surface area contributed by atoms with Crippen molar-refractivity contribution in [3.8, 4) is 0 Å². The monoisotopic (exact) mass is 928 g/mol. The Bertz CT molecular complexity index is 1060. The molecule has 0 radical (unpaired) electrons. The molecule has 1 unspecified atom stereocenters. The van der Waals surface area contributed by atoms with E-state index >= 15 is 0 Å². The van der Waals surface area contributed by atoms with Gasteiger partial charge in [0, 0.05) is 19.4 Å². The molecule has 0 bridgehead atoms. The molecule has 0 aliphatic heterocycles. The van der Waals surface area contributed by atoms with Crippen LogP contribution in [0.2, 0.25) is 0 Å². The molecule has 3 N–H and O–H groups in total. The molecule has 0 aliphatic carbocycles. The van der Waals surface area contributed by atoms with E-state index in [4.69, 9.17) is 24.3 Å². The van der Waals surface area contributed by atoms with Crippen molar-refractivity contribution in [3.05, 3.63) is 12.2 Å². The van der Waals surface area contributed by atoms with Crippen LogP contribution in [0, 0.1) is 0 Å². The van der Waals surface area contributed by atoms with Gasteiger partial charge in [-0.05, 0) is 38.5 Å². The largest absolute Gasteiger partial charge is 0.472 e. The van der Waals surface area contributed by atoms with Crippen molar-refractivity contribution in [3.63, 3.8) is 0 Å². The summed E-state index contributed by atoms with van der Waals surface area (Å²) in [5, 5.41) is 0. The summed E-state index contributed by atoms with van der Waals surface area (Å²) in [5.74, 6) is -0.810. The number of hydrogen-bond donors (Lipinski definition) is 2. The maximum Gasteiger partial charge on any atom is 0.472 e. The first kappa shape index (κ1) is 62.8. The predicted molar refractivity (Wildman–Crippen MR) is 271 cm³/mol. The third-order valence-corrected chi connectivity index (χ3v) is 13.4. The van der Waals surface area contributed by atoms with Crippen LogP contribution in [-0.4, -0.2) is 49.3 Å². The number of phosphoric ester groups is 1. The van der Waals surface area contributed by atoms with Crippen LogP contribution in [0.4, 0.5) is 0 Å². The number of carbonyl (C=O) groups is 2. The average Bonchev–Trinajstić information content (AvgIpc) is 3.28. The average molecular weight is 928 g/mol. The number of unbranched alkanes of at least 4 members (excludes halogenated alkanes) is 38. The van der Waals surface area contributed by atoms with E-state index in [0.717, 1.165) is 32.1 Å². The standard InChI is InChI=1S/C54H106NO8P/c1-3-5-7-9-11-13-15-17-19-21-23-25-27-28-30-32-34-36-38-40-42-44-46-53(56)60-50-52(51-62-64(58,59)61-49-48-55)63-54(57)47-45-43-41-39-37-35-33-31-29-26-24-22-20-18-16-14-12-10-8-6-4-2/h18,20,52H,3-17,19,21-51,55H2,1-2H3,(H,58,59)/b20-18+/t52-/m1/s1. The van der Waals surface area contributed by atoms with Gasteiger partial charge in [0.05, 0.1) is 13.2 Å². The Morgan fingerprint density at radius 2 is 0.766 bits per heavy atom. The van der Waals surface area contributed by atoms with Crippen molar-refractivity contribution in [2.75, 3.05) is 26.4 Å². The molecule has 0 saturated carbocycles. The number of carbonyl (C=O) groups excluding carboxylic acids is 2. The maximum absolute atomic E-state index is 12.7. The molecule has 0 aromatic carbocycles. The second-order valence-corrected chi connectivity index (χ2v) is 20.3. The molecule has 0 heterocycles. The Morgan fingerprint density at radius 3 is 1.11 bits per heavy atom. The van der Waals surface area contributed by atoms with Crippen LogP contribution in [0.15, 0.2) is 12.2 Å². The Hall–Kier alpha value is -1.25. The van der Waals surface area contributed by atoms with Gasteiger partial charge in [0.2, 0.25) is 0 Å². The summed E-state index contributed by atoms with van der Waals surface area (Å²) in [6, 6.07) is 0. The van der Waals surface area contributed by atoms with Crippen molar-refractivity contribution < 1.29 is 37.6 Å². The maximum atomic E-state index is 12.7. The molecular formula is C54H106NO8P. The first-order valence-electron chi connectivity index (χ1n) is 27.7. The van der Waals surface area contributed by atoms with Crippen LogP contribution in [-0.2, 0) is 32.7 Å². The second-order valence-electron chi connectivity index (χ2n) is 18.8.